The number of benzene rings is 1. The molecular formula is C15H16FN3O3S. The molecule has 2 heterocycles. The number of nitrogens with one attached hydrogen (secondary N) is 2. The van der Waals surface area contributed by atoms with Gasteiger partial charge in [-0.1, -0.05) is 0 Å². The van der Waals surface area contributed by atoms with Gasteiger partial charge in [-0.3, -0.25) is 15.6 Å². The van der Waals surface area contributed by atoms with Crippen LogP contribution in [0.2, 0.25) is 0 Å². The van der Waals surface area contributed by atoms with Crippen LogP contribution < -0.4 is 15.6 Å². The molecule has 122 valence electrons. The van der Waals surface area contributed by atoms with Gasteiger partial charge in [0.05, 0.1) is 19.0 Å². The molecule has 1 unspecified atom stereocenters. The number of hydrazine groups is 1. The quantitative estimate of drug-likeness (QED) is 0.821. The summed E-state index contributed by atoms with van der Waals surface area (Å²) < 4.78 is 23.7. The molecule has 1 amide bonds. The van der Waals surface area contributed by atoms with E-state index in [0.717, 1.165) is 24.5 Å². The van der Waals surface area contributed by atoms with Crippen LogP contribution in [0.15, 0.2) is 24.4 Å². The predicted molar refractivity (Wildman–Crippen MR) is 84.1 cm³/mol. The first-order valence-corrected chi connectivity index (χ1v) is 7.96. The van der Waals surface area contributed by atoms with Crippen molar-refractivity contribution in [3.05, 3.63) is 40.1 Å². The van der Waals surface area contributed by atoms with Crippen LogP contribution in [0.25, 0.3) is 0 Å². The average molecular weight is 337 g/mol. The van der Waals surface area contributed by atoms with E-state index in [1.807, 2.05) is 0 Å². The fourth-order valence-electron chi connectivity index (χ4n) is 2.27. The second-order valence-electron chi connectivity index (χ2n) is 4.99. The largest absolute Gasteiger partial charge is 0.494 e. The van der Waals surface area contributed by atoms with E-state index in [1.54, 1.807) is 0 Å². The molecule has 23 heavy (non-hydrogen) atoms. The Labute approximate surface area is 136 Å². The summed E-state index contributed by atoms with van der Waals surface area (Å²) in [5.74, 6) is -0.435. The molecule has 2 N–H and O–H groups in total. The highest BCUT2D eigenvalue weighted by Gasteiger charge is 2.22. The van der Waals surface area contributed by atoms with E-state index < -0.39 is 5.82 Å². The third-order valence-electron chi connectivity index (χ3n) is 3.43. The van der Waals surface area contributed by atoms with Crippen molar-refractivity contribution in [1.82, 2.24) is 10.4 Å². The Morgan fingerprint density at radius 2 is 2.39 bits per heavy atom. The van der Waals surface area contributed by atoms with Crippen LogP contribution in [0.1, 0.15) is 33.6 Å². The molecule has 2 aromatic rings. The molecule has 1 aliphatic rings. The molecule has 1 atom stereocenters. The number of aromatic nitrogens is 1. The lowest BCUT2D eigenvalue weighted by Gasteiger charge is -2.11. The number of hydrogen-bond acceptors (Lipinski definition) is 6. The Morgan fingerprint density at radius 3 is 3.13 bits per heavy atom. The molecule has 1 aliphatic heterocycles. The number of ether oxygens (including phenoxy) is 2. The Kier molecular flexibility index (Phi) is 4.73. The van der Waals surface area contributed by atoms with Crippen LogP contribution in [0.3, 0.4) is 0 Å². The smallest absolute Gasteiger partial charge is 0.281 e. The maximum atomic E-state index is 13.1. The molecule has 1 aromatic heterocycles. The highest BCUT2D eigenvalue weighted by atomic mass is 32.1. The third kappa shape index (κ3) is 3.59. The van der Waals surface area contributed by atoms with E-state index >= 15 is 0 Å². The summed E-state index contributed by atoms with van der Waals surface area (Å²) in [6, 6.07) is 3.99. The molecule has 0 radical (unpaired) electrons. The molecule has 3 rings (SSSR count). The molecule has 0 aliphatic carbocycles. The van der Waals surface area contributed by atoms with E-state index in [4.69, 9.17) is 9.47 Å². The van der Waals surface area contributed by atoms with Gasteiger partial charge < -0.3 is 9.47 Å². The van der Waals surface area contributed by atoms with Crippen molar-refractivity contribution in [2.45, 2.75) is 18.9 Å². The lowest BCUT2D eigenvalue weighted by molar-refractivity contribution is 0.0966. The molecule has 1 fully saturated rings. The van der Waals surface area contributed by atoms with Crippen molar-refractivity contribution in [2.24, 2.45) is 0 Å². The van der Waals surface area contributed by atoms with Crippen molar-refractivity contribution in [3.63, 3.8) is 0 Å². The summed E-state index contributed by atoms with van der Waals surface area (Å²) in [6.45, 7) is 0.734. The van der Waals surface area contributed by atoms with Gasteiger partial charge in [0.15, 0.2) is 0 Å². The number of thiazole rings is 1. The third-order valence-corrected chi connectivity index (χ3v) is 4.51. The Balaban J connectivity index is 1.63. The normalized spacial score (nSPS) is 17.0. The first-order valence-electron chi connectivity index (χ1n) is 7.14. The number of halogens is 1. The van der Waals surface area contributed by atoms with Gasteiger partial charge >= 0.3 is 0 Å². The van der Waals surface area contributed by atoms with Crippen molar-refractivity contribution in [3.8, 4) is 5.75 Å². The van der Waals surface area contributed by atoms with Gasteiger partial charge in [-0.05, 0) is 25.0 Å². The molecule has 0 saturated carbocycles. The lowest BCUT2D eigenvalue weighted by atomic mass is 10.2. The number of hydrogen-bond donors (Lipinski definition) is 2. The minimum absolute atomic E-state index is 0.00768. The number of methoxy groups -OCH3 is 1. The SMILES string of the molecule is COc1cc(F)ccc1NNC(=O)c1cnc(C2CCCO2)s1. The van der Waals surface area contributed by atoms with Crippen LogP contribution in [-0.2, 0) is 4.74 Å². The van der Waals surface area contributed by atoms with Crippen molar-refractivity contribution >= 4 is 22.9 Å². The van der Waals surface area contributed by atoms with E-state index in [9.17, 15) is 9.18 Å². The molecule has 0 bridgehead atoms. The predicted octanol–water partition coefficient (Wildman–Crippen LogP) is 2.90. The van der Waals surface area contributed by atoms with Gasteiger partial charge in [0.1, 0.15) is 27.6 Å². The maximum absolute atomic E-state index is 13.1. The van der Waals surface area contributed by atoms with Crippen LogP contribution >= 0.6 is 11.3 Å². The monoisotopic (exact) mass is 337 g/mol. The first kappa shape index (κ1) is 15.7. The van der Waals surface area contributed by atoms with Crippen molar-refractivity contribution in [2.75, 3.05) is 19.1 Å². The van der Waals surface area contributed by atoms with Gasteiger partial charge in [-0.25, -0.2) is 9.37 Å². The molecule has 8 heteroatoms. The van der Waals surface area contributed by atoms with Crippen molar-refractivity contribution < 1.29 is 18.7 Å². The van der Waals surface area contributed by atoms with E-state index in [2.05, 4.69) is 15.8 Å². The summed E-state index contributed by atoms with van der Waals surface area (Å²) in [5, 5.41) is 0.812. The van der Waals surface area contributed by atoms with Gasteiger partial charge in [0.2, 0.25) is 0 Å². The van der Waals surface area contributed by atoms with E-state index in [-0.39, 0.29) is 12.0 Å². The summed E-state index contributed by atoms with van der Waals surface area (Å²) in [6.07, 6.45) is 3.46. The minimum Gasteiger partial charge on any atom is -0.494 e. The highest BCUT2D eigenvalue weighted by Crippen LogP contribution is 2.31. The summed E-state index contributed by atoms with van der Waals surface area (Å²) in [5.41, 5.74) is 5.74. The van der Waals surface area contributed by atoms with Gasteiger partial charge in [0.25, 0.3) is 5.91 Å². The van der Waals surface area contributed by atoms with Crippen LogP contribution in [-0.4, -0.2) is 24.6 Å². The molecule has 1 saturated heterocycles. The molecular weight excluding hydrogens is 321 g/mol. The first-order chi connectivity index (χ1) is 11.2. The number of carbonyl (C=O) groups excluding carboxylic acids is 1. The Morgan fingerprint density at radius 1 is 1.52 bits per heavy atom. The topological polar surface area (TPSA) is 72.5 Å². The second-order valence-corrected chi connectivity index (χ2v) is 6.05. The summed E-state index contributed by atoms with van der Waals surface area (Å²) >= 11 is 1.31. The zero-order chi connectivity index (χ0) is 16.2. The van der Waals surface area contributed by atoms with Gasteiger partial charge in [-0.15, -0.1) is 11.3 Å². The van der Waals surface area contributed by atoms with Crippen LogP contribution in [0.4, 0.5) is 10.1 Å². The van der Waals surface area contributed by atoms with Crippen LogP contribution in [0.5, 0.6) is 5.75 Å². The fraction of sp³-hybridized carbons (Fsp3) is 0.333. The molecule has 1 aromatic carbocycles. The Bertz CT molecular complexity index is 701. The lowest BCUT2D eigenvalue weighted by Crippen LogP contribution is -2.28. The number of anilines is 1. The average Bonchev–Trinajstić information content (AvgIpc) is 3.23. The molecule has 0 spiro atoms. The van der Waals surface area contributed by atoms with Gasteiger partial charge in [0, 0.05) is 12.7 Å². The number of rotatable bonds is 5. The van der Waals surface area contributed by atoms with Crippen molar-refractivity contribution in [1.29, 1.82) is 0 Å². The maximum Gasteiger partial charge on any atom is 0.281 e. The molecule has 6 nitrogen and oxygen atoms in total. The number of carbonyl (C=O) groups is 1. The zero-order valence-electron chi connectivity index (χ0n) is 12.5. The van der Waals surface area contributed by atoms with E-state index in [0.29, 0.717) is 16.3 Å². The second kappa shape index (κ2) is 6.93. The van der Waals surface area contributed by atoms with Crippen LogP contribution in [0, 0.1) is 5.82 Å². The number of nitrogens with zero attached hydrogens (tertiary/aromatic N) is 1. The summed E-state index contributed by atoms with van der Waals surface area (Å²) in [7, 11) is 1.43. The van der Waals surface area contributed by atoms with Gasteiger partial charge in [-0.2, -0.15) is 0 Å². The minimum atomic E-state index is -0.414. The van der Waals surface area contributed by atoms with E-state index in [1.165, 1.54) is 42.8 Å². The fourth-order valence-corrected chi connectivity index (χ4v) is 3.17. The summed E-state index contributed by atoms with van der Waals surface area (Å²) in [4.78, 5) is 16.9. The Hall–Kier alpha value is -2.19. The standard InChI is InChI=1S/C15H16FN3O3S/c1-21-12-7-9(16)4-5-10(12)18-19-14(20)13-8-17-15(23-13)11-3-2-6-22-11/h4-5,7-8,11,18H,2-3,6H2,1H3,(H,19,20). The highest BCUT2D eigenvalue weighted by molar-refractivity contribution is 7.13. The zero-order valence-corrected chi connectivity index (χ0v) is 13.3. The number of amides is 1.